The lowest BCUT2D eigenvalue weighted by atomic mass is 10.1. The summed E-state index contributed by atoms with van der Waals surface area (Å²) in [5.41, 5.74) is 2.33. The fourth-order valence-corrected chi connectivity index (χ4v) is 2.32. The van der Waals surface area contributed by atoms with E-state index >= 15 is 0 Å². The standard InChI is InChI=1S/C18H21BrN2O2/c1-21(2)12-15-5-3-14(4-6-15)11-20-18(22)13-23-17-9-7-16(19)8-10-17/h3-10H,11-13H2,1-2H3,(H,20,22). The van der Waals surface area contributed by atoms with E-state index in [9.17, 15) is 4.79 Å². The highest BCUT2D eigenvalue weighted by atomic mass is 79.9. The van der Waals surface area contributed by atoms with E-state index in [1.807, 2.05) is 50.5 Å². The lowest BCUT2D eigenvalue weighted by molar-refractivity contribution is -0.123. The second kappa shape index (κ2) is 8.70. The number of nitrogens with one attached hydrogen (secondary N) is 1. The minimum Gasteiger partial charge on any atom is -0.484 e. The monoisotopic (exact) mass is 376 g/mol. The molecule has 2 aromatic carbocycles. The molecule has 0 spiro atoms. The van der Waals surface area contributed by atoms with Crippen LogP contribution in [0.2, 0.25) is 0 Å². The second-order valence-corrected chi connectivity index (χ2v) is 6.49. The molecular formula is C18H21BrN2O2. The summed E-state index contributed by atoms with van der Waals surface area (Å²) in [7, 11) is 4.08. The van der Waals surface area contributed by atoms with Gasteiger partial charge in [0.15, 0.2) is 6.61 Å². The predicted molar refractivity (Wildman–Crippen MR) is 95.3 cm³/mol. The van der Waals surface area contributed by atoms with Crippen molar-refractivity contribution < 1.29 is 9.53 Å². The van der Waals surface area contributed by atoms with E-state index in [0.717, 1.165) is 16.6 Å². The van der Waals surface area contributed by atoms with Crippen LogP contribution in [-0.4, -0.2) is 31.5 Å². The maximum absolute atomic E-state index is 11.8. The Balaban J connectivity index is 1.74. The van der Waals surface area contributed by atoms with Crippen LogP contribution in [0.4, 0.5) is 0 Å². The van der Waals surface area contributed by atoms with Crippen molar-refractivity contribution in [2.45, 2.75) is 13.1 Å². The first-order valence-corrected chi connectivity index (χ1v) is 8.20. The third-order valence-corrected chi connectivity index (χ3v) is 3.72. The molecule has 0 unspecified atom stereocenters. The molecular weight excluding hydrogens is 356 g/mol. The first kappa shape index (κ1) is 17.5. The molecule has 4 nitrogen and oxygen atoms in total. The molecule has 2 rings (SSSR count). The zero-order valence-electron chi connectivity index (χ0n) is 13.4. The van der Waals surface area contributed by atoms with E-state index < -0.39 is 0 Å². The largest absolute Gasteiger partial charge is 0.484 e. The van der Waals surface area contributed by atoms with Gasteiger partial charge < -0.3 is 15.0 Å². The van der Waals surface area contributed by atoms with Crippen molar-refractivity contribution in [1.82, 2.24) is 10.2 Å². The average Bonchev–Trinajstić information content (AvgIpc) is 2.53. The molecule has 1 amide bonds. The van der Waals surface area contributed by atoms with Crippen LogP contribution < -0.4 is 10.1 Å². The highest BCUT2D eigenvalue weighted by Crippen LogP contribution is 2.15. The fraction of sp³-hybridized carbons (Fsp3) is 0.278. The van der Waals surface area contributed by atoms with Crippen LogP contribution in [0.1, 0.15) is 11.1 Å². The van der Waals surface area contributed by atoms with E-state index in [2.05, 4.69) is 38.3 Å². The van der Waals surface area contributed by atoms with Crippen molar-refractivity contribution in [2.75, 3.05) is 20.7 Å². The second-order valence-electron chi connectivity index (χ2n) is 5.57. The summed E-state index contributed by atoms with van der Waals surface area (Å²) in [6.07, 6.45) is 0. The van der Waals surface area contributed by atoms with Crippen LogP contribution in [0.15, 0.2) is 53.0 Å². The molecule has 0 aliphatic rings. The van der Waals surface area contributed by atoms with Gasteiger partial charge in [-0.25, -0.2) is 0 Å². The van der Waals surface area contributed by atoms with Crippen LogP contribution in [0.3, 0.4) is 0 Å². The molecule has 0 fully saturated rings. The number of halogens is 1. The molecule has 0 radical (unpaired) electrons. The summed E-state index contributed by atoms with van der Waals surface area (Å²) >= 11 is 3.36. The summed E-state index contributed by atoms with van der Waals surface area (Å²) in [5, 5.41) is 2.86. The molecule has 23 heavy (non-hydrogen) atoms. The smallest absolute Gasteiger partial charge is 0.258 e. The van der Waals surface area contributed by atoms with Gasteiger partial charge in [0.25, 0.3) is 5.91 Å². The summed E-state index contributed by atoms with van der Waals surface area (Å²) in [6, 6.07) is 15.6. The molecule has 122 valence electrons. The number of benzene rings is 2. The predicted octanol–water partition coefficient (Wildman–Crippen LogP) is 3.21. The summed E-state index contributed by atoms with van der Waals surface area (Å²) in [5.74, 6) is 0.543. The first-order valence-electron chi connectivity index (χ1n) is 7.40. The maximum atomic E-state index is 11.8. The normalized spacial score (nSPS) is 10.6. The number of hydrogen-bond acceptors (Lipinski definition) is 3. The molecule has 2 aromatic rings. The SMILES string of the molecule is CN(C)Cc1ccc(CNC(=O)COc2ccc(Br)cc2)cc1. The zero-order valence-corrected chi connectivity index (χ0v) is 15.0. The zero-order chi connectivity index (χ0) is 16.7. The average molecular weight is 377 g/mol. The molecule has 0 atom stereocenters. The van der Waals surface area contributed by atoms with Gasteiger partial charge in [-0.1, -0.05) is 40.2 Å². The first-order chi connectivity index (χ1) is 11.0. The van der Waals surface area contributed by atoms with Gasteiger partial charge in [0.05, 0.1) is 0 Å². The van der Waals surface area contributed by atoms with Crippen LogP contribution >= 0.6 is 15.9 Å². The molecule has 0 saturated heterocycles. The van der Waals surface area contributed by atoms with Crippen molar-refractivity contribution in [1.29, 1.82) is 0 Å². The Bertz CT molecular complexity index is 624. The molecule has 0 aliphatic carbocycles. The van der Waals surface area contributed by atoms with E-state index in [1.165, 1.54) is 5.56 Å². The minimum atomic E-state index is -0.134. The van der Waals surface area contributed by atoms with Gasteiger partial charge >= 0.3 is 0 Å². The molecule has 0 aromatic heterocycles. The Morgan fingerprint density at radius 2 is 1.65 bits per heavy atom. The van der Waals surface area contributed by atoms with Gasteiger partial charge in [0.2, 0.25) is 0 Å². The van der Waals surface area contributed by atoms with Crippen LogP contribution in [-0.2, 0) is 17.9 Å². The van der Waals surface area contributed by atoms with E-state index in [0.29, 0.717) is 12.3 Å². The number of ether oxygens (including phenoxy) is 1. The molecule has 5 heteroatoms. The van der Waals surface area contributed by atoms with Crippen molar-refractivity contribution in [3.8, 4) is 5.75 Å². The number of carbonyl (C=O) groups is 1. The number of nitrogens with zero attached hydrogens (tertiary/aromatic N) is 1. The molecule has 1 N–H and O–H groups in total. The lowest BCUT2D eigenvalue weighted by Crippen LogP contribution is -2.28. The Hall–Kier alpha value is -1.85. The Morgan fingerprint density at radius 1 is 1.04 bits per heavy atom. The van der Waals surface area contributed by atoms with Crippen molar-refractivity contribution in [2.24, 2.45) is 0 Å². The highest BCUT2D eigenvalue weighted by molar-refractivity contribution is 9.10. The van der Waals surface area contributed by atoms with Gasteiger partial charge in [0, 0.05) is 17.6 Å². The fourth-order valence-electron chi connectivity index (χ4n) is 2.06. The molecule has 0 bridgehead atoms. The van der Waals surface area contributed by atoms with E-state index in [-0.39, 0.29) is 12.5 Å². The third kappa shape index (κ3) is 6.42. The summed E-state index contributed by atoms with van der Waals surface area (Å²) in [4.78, 5) is 13.9. The molecule has 0 aliphatic heterocycles. The van der Waals surface area contributed by atoms with Gasteiger partial charge in [-0.2, -0.15) is 0 Å². The van der Waals surface area contributed by atoms with Crippen LogP contribution in [0.5, 0.6) is 5.75 Å². The highest BCUT2D eigenvalue weighted by Gasteiger charge is 2.03. The van der Waals surface area contributed by atoms with E-state index in [4.69, 9.17) is 4.74 Å². The van der Waals surface area contributed by atoms with Crippen molar-refractivity contribution >= 4 is 21.8 Å². The Morgan fingerprint density at radius 3 is 2.26 bits per heavy atom. The summed E-state index contributed by atoms with van der Waals surface area (Å²) in [6.45, 7) is 1.43. The number of amides is 1. The van der Waals surface area contributed by atoms with Crippen molar-refractivity contribution in [3.63, 3.8) is 0 Å². The maximum Gasteiger partial charge on any atom is 0.258 e. The number of rotatable bonds is 7. The number of carbonyl (C=O) groups excluding carboxylic acids is 1. The van der Waals surface area contributed by atoms with Crippen LogP contribution in [0, 0.1) is 0 Å². The lowest BCUT2D eigenvalue weighted by Gasteiger charge is -2.11. The number of hydrogen-bond donors (Lipinski definition) is 1. The van der Waals surface area contributed by atoms with Gasteiger partial charge in [0.1, 0.15) is 5.75 Å². The summed E-state index contributed by atoms with van der Waals surface area (Å²) < 4.78 is 6.41. The quantitative estimate of drug-likeness (QED) is 0.806. The van der Waals surface area contributed by atoms with Crippen LogP contribution in [0.25, 0.3) is 0 Å². The Kier molecular flexibility index (Phi) is 6.62. The van der Waals surface area contributed by atoms with Gasteiger partial charge in [-0.3, -0.25) is 4.79 Å². The van der Waals surface area contributed by atoms with Crippen molar-refractivity contribution in [3.05, 3.63) is 64.1 Å². The molecule has 0 saturated carbocycles. The van der Waals surface area contributed by atoms with E-state index in [1.54, 1.807) is 0 Å². The third-order valence-electron chi connectivity index (χ3n) is 3.20. The minimum absolute atomic E-state index is 0.0142. The van der Waals surface area contributed by atoms with Gasteiger partial charge in [-0.05, 0) is 49.5 Å². The Labute approximate surface area is 145 Å². The molecule has 0 heterocycles. The topological polar surface area (TPSA) is 41.6 Å². The van der Waals surface area contributed by atoms with Gasteiger partial charge in [-0.15, -0.1) is 0 Å².